The maximum Gasteiger partial charge on any atom is 0.345 e. The van der Waals surface area contributed by atoms with Gasteiger partial charge in [0.05, 0.1) is 5.56 Å². The van der Waals surface area contributed by atoms with E-state index in [9.17, 15) is 14.4 Å². The lowest BCUT2D eigenvalue weighted by Crippen LogP contribution is -2.32. The van der Waals surface area contributed by atoms with Crippen molar-refractivity contribution in [3.63, 3.8) is 0 Å². The molecule has 0 aliphatic carbocycles. The highest BCUT2D eigenvalue weighted by molar-refractivity contribution is 5.85. The molecule has 0 unspecified atom stereocenters. The summed E-state index contributed by atoms with van der Waals surface area (Å²) in [5.41, 5.74) is 0.905. The molecule has 25 heavy (non-hydrogen) atoms. The smallest absolute Gasteiger partial charge is 0.345 e. The van der Waals surface area contributed by atoms with Crippen molar-refractivity contribution in [3.8, 4) is 5.75 Å². The second-order valence-electron chi connectivity index (χ2n) is 5.46. The van der Waals surface area contributed by atoms with Gasteiger partial charge in [-0.15, -0.1) is 0 Å². The highest BCUT2D eigenvalue weighted by Gasteiger charge is 2.26. The van der Waals surface area contributed by atoms with E-state index < -0.39 is 18.7 Å². The Bertz CT molecular complexity index is 742. The van der Waals surface area contributed by atoms with Crippen LogP contribution < -0.4 is 4.74 Å². The van der Waals surface area contributed by atoms with Gasteiger partial charge in [0, 0.05) is 19.7 Å². The molecule has 6 heteroatoms. The molecule has 0 radical (unpaired) electrons. The molecule has 0 bridgehead atoms. The lowest BCUT2D eigenvalue weighted by Gasteiger charge is -2.21. The van der Waals surface area contributed by atoms with E-state index in [4.69, 9.17) is 9.47 Å². The number of benzene rings is 2. The first-order chi connectivity index (χ1) is 12.0. The Morgan fingerprint density at radius 1 is 1.04 bits per heavy atom. The van der Waals surface area contributed by atoms with E-state index in [0.717, 1.165) is 0 Å². The molecule has 0 heterocycles. The summed E-state index contributed by atoms with van der Waals surface area (Å²) >= 11 is 0. The highest BCUT2D eigenvalue weighted by Crippen LogP contribution is 2.20. The number of likely N-dealkylation sites (N-methyl/N-ethyl adjacent to an activating group) is 1. The second-order valence-corrected chi connectivity index (χ2v) is 5.46. The Kier molecular flexibility index (Phi) is 6.28. The first-order valence-corrected chi connectivity index (χ1v) is 7.65. The van der Waals surface area contributed by atoms with Gasteiger partial charge in [0.1, 0.15) is 5.75 Å². The zero-order valence-electron chi connectivity index (χ0n) is 14.0. The second kappa shape index (κ2) is 8.63. The lowest BCUT2D eigenvalue weighted by molar-refractivity contribution is -0.161. The van der Waals surface area contributed by atoms with E-state index >= 15 is 0 Å². The van der Waals surface area contributed by atoms with Crippen LogP contribution in [0.4, 0.5) is 0 Å². The predicted octanol–water partition coefficient (Wildman–Crippen LogP) is 2.25. The molecule has 1 amide bonds. The molecule has 2 rings (SSSR count). The molecule has 1 atom stereocenters. The number of nitrogens with zero attached hydrogens (tertiary/aromatic N) is 1. The van der Waals surface area contributed by atoms with Gasteiger partial charge in [0.25, 0.3) is 5.91 Å². The first-order valence-electron chi connectivity index (χ1n) is 7.65. The van der Waals surface area contributed by atoms with Gasteiger partial charge in [-0.3, -0.25) is 9.59 Å². The van der Waals surface area contributed by atoms with Crippen molar-refractivity contribution in [3.05, 3.63) is 65.7 Å². The van der Waals surface area contributed by atoms with E-state index in [2.05, 4.69) is 0 Å². The molecule has 0 aliphatic heterocycles. The molecule has 2 aromatic rings. The van der Waals surface area contributed by atoms with E-state index in [0.29, 0.717) is 17.4 Å². The van der Waals surface area contributed by atoms with Crippen molar-refractivity contribution in [1.82, 2.24) is 4.90 Å². The van der Waals surface area contributed by atoms with Crippen LogP contribution in [0.2, 0.25) is 0 Å². The van der Waals surface area contributed by atoms with Crippen molar-refractivity contribution < 1.29 is 23.9 Å². The van der Waals surface area contributed by atoms with E-state index in [1.54, 1.807) is 62.6 Å². The molecule has 0 aromatic heterocycles. The van der Waals surface area contributed by atoms with Crippen LogP contribution in [0.25, 0.3) is 0 Å². The average Bonchev–Trinajstić information content (AvgIpc) is 2.64. The van der Waals surface area contributed by atoms with Crippen LogP contribution >= 0.6 is 0 Å². The Labute approximate surface area is 146 Å². The van der Waals surface area contributed by atoms with Crippen LogP contribution in [-0.4, -0.2) is 43.8 Å². The van der Waals surface area contributed by atoms with E-state index in [1.165, 1.54) is 4.90 Å². The van der Waals surface area contributed by atoms with Crippen molar-refractivity contribution in [1.29, 1.82) is 0 Å². The summed E-state index contributed by atoms with van der Waals surface area (Å²) in [4.78, 5) is 36.7. The van der Waals surface area contributed by atoms with Crippen molar-refractivity contribution >= 4 is 18.2 Å². The fraction of sp³-hybridized carbons (Fsp3) is 0.211. The van der Waals surface area contributed by atoms with Crippen LogP contribution in [0.5, 0.6) is 5.75 Å². The molecule has 0 saturated carbocycles. The summed E-state index contributed by atoms with van der Waals surface area (Å²) in [5.74, 6) is -0.776. The van der Waals surface area contributed by atoms with Gasteiger partial charge in [-0.2, -0.15) is 0 Å². The number of rotatable bonds is 7. The van der Waals surface area contributed by atoms with Crippen LogP contribution in [0.15, 0.2) is 54.6 Å². The summed E-state index contributed by atoms with van der Waals surface area (Å²) < 4.78 is 10.6. The maximum absolute atomic E-state index is 12.3. The molecule has 0 aliphatic rings. The third-order valence-corrected chi connectivity index (χ3v) is 3.41. The summed E-state index contributed by atoms with van der Waals surface area (Å²) in [6.45, 7) is -0.408. The number of para-hydroxylation sites is 1. The zero-order chi connectivity index (χ0) is 18.2. The van der Waals surface area contributed by atoms with Gasteiger partial charge in [-0.05, 0) is 12.1 Å². The number of aldehydes is 1. The van der Waals surface area contributed by atoms with Gasteiger partial charge in [-0.1, -0.05) is 42.5 Å². The minimum Gasteiger partial charge on any atom is -0.481 e. The van der Waals surface area contributed by atoms with Gasteiger partial charge >= 0.3 is 5.97 Å². The summed E-state index contributed by atoms with van der Waals surface area (Å²) in [5, 5.41) is 0. The van der Waals surface area contributed by atoms with Crippen LogP contribution in [0, 0.1) is 0 Å². The number of ether oxygens (including phenoxy) is 2. The quantitative estimate of drug-likeness (QED) is 0.570. The molecule has 0 N–H and O–H groups in total. The van der Waals surface area contributed by atoms with Crippen molar-refractivity contribution in [2.45, 2.75) is 6.10 Å². The summed E-state index contributed by atoms with van der Waals surface area (Å²) in [7, 11) is 3.17. The number of carbonyl (C=O) groups is 3. The molecule has 0 saturated heterocycles. The van der Waals surface area contributed by atoms with Gasteiger partial charge < -0.3 is 14.4 Å². The number of hydrogen-bond donors (Lipinski definition) is 0. The monoisotopic (exact) mass is 341 g/mol. The van der Waals surface area contributed by atoms with Crippen LogP contribution in [0.1, 0.15) is 22.0 Å². The number of esters is 1. The topological polar surface area (TPSA) is 72.9 Å². The van der Waals surface area contributed by atoms with E-state index in [-0.39, 0.29) is 11.7 Å². The first kappa shape index (κ1) is 18.2. The Morgan fingerprint density at radius 3 is 2.32 bits per heavy atom. The van der Waals surface area contributed by atoms with Gasteiger partial charge in [0.2, 0.25) is 6.10 Å². The molecule has 0 spiro atoms. The minimum atomic E-state index is -1.05. The largest absolute Gasteiger partial charge is 0.481 e. The Balaban J connectivity index is 2.07. The molecule has 0 fully saturated rings. The lowest BCUT2D eigenvalue weighted by atomic mass is 10.1. The third-order valence-electron chi connectivity index (χ3n) is 3.41. The number of amides is 1. The minimum absolute atomic E-state index is 0.282. The predicted molar refractivity (Wildman–Crippen MR) is 91.3 cm³/mol. The summed E-state index contributed by atoms with van der Waals surface area (Å²) in [6.07, 6.45) is -0.406. The van der Waals surface area contributed by atoms with Crippen LogP contribution in [0.3, 0.4) is 0 Å². The van der Waals surface area contributed by atoms with Gasteiger partial charge in [-0.25, -0.2) is 4.79 Å². The zero-order valence-corrected chi connectivity index (χ0v) is 14.0. The molecular formula is C19H19NO5. The third kappa shape index (κ3) is 4.91. The SMILES string of the molecule is CN(C)C(=O)[C@H](OC(=O)COc1ccccc1C=O)c1ccccc1. The molecular weight excluding hydrogens is 322 g/mol. The number of hydrogen-bond acceptors (Lipinski definition) is 5. The molecule has 6 nitrogen and oxygen atoms in total. The Hall–Kier alpha value is -3.15. The molecule has 130 valence electrons. The molecule has 2 aromatic carbocycles. The van der Waals surface area contributed by atoms with Gasteiger partial charge in [0.15, 0.2) is 12.9 Å². The fourth-order valence-electron chi connectivity index (χ4n) is 2.13. The normalized spacial score (nSPS) is 11.3. The maximum atomic E-state index is 12.3. The standard InChI is InChI=1S/C19H19NO5/c1-20(2)19(23)18(14-8-4-3-5-9-14)25-17(22)13-24-16-11-7-6-10-15(16)12-21/h3-12,18H,13H2,1-2H3/t18-/m1/s1. The Morgan fingerprint density at radius 2 is 1.68 bits per heavy atom. The van der Waals surface area contributed by atoms with Crippen LogP contribution in [-0.2, 0) is 14.3 Å². The average molecular weight is 341 g/mol. The summed E-state index contributed by atoms with van der Waals surface area (Å²) in [6, 6.07) is 15.3. The van der Waals surface area contributed by atoms with Crippen molar-refractivity contribution in [2.75, 3.05) is 20.7 Å². The fourth-order valence-corrected chi connectivity index (χ4v) is 2.13. The van der Waals surface area contributed by atoms with Crippen molar-refractivity contribution in [2.24, 2.45) is 0 Å². The number of carbonyl (C=O) groups excluding carboxylic acids is 3. The van der Waals surface area contributed by atoms with E-state index in [1.807, 2.05) is 6.07 Å². The highest BCUT2D eigenvalue weighted by atomic mass is 16.6.